The van der Waals surface area contributed by atoms with Gasteiger partial charge in [0.25, 0.3) is 0 Å². The van der Waals surface area contributed by atoms with Crippen molar-refractivity contribution in [2.45, 2.75) is 58.1 Å². The van der Waals surface area contributed by atoms with Crippen LogP contribution in [-0.2, 0) is 14.3 Å². The number of carbonyl (C=O) groups is 2. The lowest BCUT2D eigenvalue weighted by Crippen LogP contribution is -2.76. The number of amides is 1. The summed E-state index contributed by atoms with van der Waals surface area (Å²) in [6.07, 6.45) is 0.325. The number of aliphatic carboxylic acids is 1. The fraction of sp³-hybridized carbons (Fsp3) is 0.600. The Morgan fingerprint density at radius 2 is 1.92 bits per heavy atom. The molecule has 1 aliphatic carbocycles. The lowest BCUT2D eigenvalue weighted by Gasteiger charge is -2.58. The number of hydrogen-bond donors (Lipinski definition) is 2. The summed E-state index contributed by atoms with van der Waals surface area (Å²) in [5, 5.41) is 12.6. The summed E-state index contributed by atoms with van der Waals surface area (Å²) in [5.41, 5.74) is -0.956. The molecule has 1 aromatic rings. The van der Waals surface area contributed by atoms with Crippen LogP contribution in [0.5, 0.6) is 5.75 Å². The topological polar surface area (TPSA) is 84.9 Å². The normalized spacial score (nSPS) is 25.0. The average molecular weight is 363 g/mol. The maximum atomic E-state index is 12.6. The van der Waals surface area contributed by atoms with Crippen molar-refractivity contribution in [2.24, 2.45) is 5.41 Å². The van der Waals surface area contributed by atoms with Gasteiger partial charge in [0.1, 0.15) is 11.3 Å². The Morgan fingerprint density at radius 3 is 2.38 bits per heavy atom. The van der Waals surface area contributed by atoms with E-state index in [1.165, 1.54) is 0 Å². The first-order valence-corrected chi connectivity index (χ1v) is 8.98. The second kappa shape index (κ2) is 7.66. The number of benzene rings is 1. The number of ether oxygens (including phenoxy) is 2. The van der Waals surface area contributed by atoms with E-state index in [-0.39, 0.29) is 30.8 Å². The fourth-order valence-corrected chi connectivity index (χ4v) is 3.65. The van der Waals surface area contributed by atoms with Crippen molar-refractivity contribution < 1.29 is 24.2 Å². The van der Waals surface area contributed by atoms with E-state index in [0.29, 0.717) is 6.61 Å². The van der Waals surface area contributed by atoms with Crippen molar-refractivity contribution >= 4 is 11.9 Å². The molecular formula is C20H29NO5. The van der Waals surface area contributed by atoms with Gasteiger partial charge in [-0.1, -0.05) is 32.9 Å². The lowest BCUT2D eigenvalue weighted by molar-refractivity contribution is -0.194. The molecule has 2 N–H and O–H groups in total. The number of methoxy groups -OCH3 is 1. The van der Waals surface area contributed by atoms with Crippen LogP contribution in [0.15, 0.2) is 24.3 Å². The second-order valence-corrected chi connectivity index (χ2v) is 7.51. The van der Waals surface area contributed by atoms with Crippen LogP contribution in [0.2, 0.25) is 0 Å². The first-order chi connectivity index (χ1) is 12.2. The van der Waals surface area contributed by atoms with E-state index in [4.69, 9.17) is 9.47 Å². The Labute approximate surface area is 154 Å². The van der Waals surface area contributed by atoms with Crippen molar-refractivity contribution in [1.29, 1.82) is 0 Å². The Kier molecular flexibility index (Phi) is 5.96. The van der Waals surface area contributed by atoms with Crippen LogP contribution in [0, 0.1) is 5.41 Å². The number of nitrogens with one attached hydrogen (secondary N) is 1. The van der Waals surface area contributed by atoms with Gasteiger partial charge in [-0.25, -0.2) is 4.79 Å². The molecule has 144 valence electrons. The summed E-state index contributed by atoms with van der Waals surface area (Å²) in [4.78, 5) is 24.5. The third kappa shape index (κ3) is 3.56. The van der Waals surface area contributed by atoms with Crippen molar-refractivity contribution in [3.63, 3.8) is 0 Å². The molecule has 2 rings (SSSR count). The Morgan fingerprint density at radius 1 is 1.31 bits per heavy atom. The molecule has 0 aliphatic heterocycles. The van der Waals surface area contributed by atoms with Gasteiger partial charge in [-0.2, -0.15) is 0 Å². The number of carbonyl (C=O) groups excluding carboxylic acids is 1. The van der Waals surface area contributed by atoms with Gasteiger partial charge in [0.15, 0.2) is 0 Å². The van der Waals surface area contributed by atoms with Crippen LogP contribution in [0.3, 0.4) is 0 Å². The molecule has 0 heterocycles. The molecule has 0 aromatic heterocycles. The Bertz CT molecular complexity index is 655. The average Bonchev–Trinajstić information content (AvgIpc) is 2.60. The zero-order valence-electron chi connectivity index (χ0n) is 16.2. The zero-order chi connectivity index (χ0) is 19.5. The number of rotatable bonds is 8. The van der Waals surface area contributed by atoms with E-state index in [2.05, 4.69) is 5.32 Å². The van der Waals surface area contributed by atoms with Crippen molar-refractivity contribution in [2.75, 3.05) is 13.7 Å². The first-order valence-electron chi connectivity index (χ1n) is 8.98. The molecule has 3 atom stereocenters. The van der Waals surface area contributed by atoms with Gasteiger partial charge in [0, 0.05) is 24.9 Å². The number of carboxylic acids is 1. The molecule has 0 saturated heterocycles. The molecule has 0 radical (unpaired) electrons. The molecular weight excluding hydrogens is 334 g/mol. The van der Waals surface area contributed by atoms with Crippen LogP contribution in [0.25, 0.3) is 0 Å². The number of hydrogen-bond acceptors (Lipinski definition) is 4. The monoisotopic (exact) mass is 363 g/mol. The van der Waals surface area contributed by atoms with Crippen LogP contribution < -0.4 is 10.1 Å². The van der Waals surface area contributed by atoms with E-state index in [1.807, 2.05) is 52.0 Å². The molecule has 26 heavy (non-hydrogen) atoms. The molecule has 1 amide bonds. The summed E-state index contributed by atoms with van der Waals surface area (Å²) in [5.74, 6) is -0.548. The van der Waals surface area contributed by atoms with Gasteiger partial charge in [-0.3, -0.25) is 4.79 Å². The molecule has 1 saturated carbocycles. The third-order valence-corrected chi connectivity index (χ3v) is 5.66. The van der Waals surface area contributed by atoms with Crippen LogP contribution in [0.1, 0.15) is 52.0 Å². The predicted molar refractivity (Wildman–Crippen MR) is 98.3 cm³/mol. The standard InChI is InChI=1S/C20H29NO5/c1-6-26-16-12-20(18(23)24,19(16,3)4)21-17(22)11-13(2)14-7-9-15(25-5)10-8-14/h7-10,13,16H,6,11-12H2,1-5H3,(H,21,22)(H,23,24). The molecule has 0 bridgehead atoms. The molecule has 6 nitrogen and oxygen atoms in total. The zero-order valence-corrected chi connectivity index (χ0v) is 16.2. The van der Waals surface area contributed by atoms with Gasteiger partial charge in [-0.05, 0) is 30.5 Å². The maximum Gasteiger partial charge on any atom is 0.330 e. The van der Waals surface area contributed by atoms with E-state index in [0.717, 1.165) is 11.3 Å². The van der Waals surface area contributed by atoms with Gasteiger partial charge in [-0.15, -0.1) is 0 Å². The summed E-state index contributed by atoms with van der Waals surface area (Å²) in [6, 6.07) is 7.54. The van der Waals surface area contributed by atoms with Gasteiger partial charge in [0.2, 0.25) is 5.91 Å². The highest BCUT2D eigenvalue weighted by Gasteiger charge is 2.66. The first kappa shape index (κ1) is 20.2. The summed E-state index contributed by atoms with van der Waals surface area (Å²) < 4.78 is 10.8. The summed E-state index contributed by atoms with van der Waals surface area (Å²) in [7, 11) is 1.60. The molecule has 0 spiro atoms. The highest BCUT2D eigenvalue weighted by Crippen LogP contribution is 2.51. The van der Waals surface area contributed by atoms with E-state index in [9.17, 15) is 14.7 Å². The predicted octanol–water partition coefficient (Wildman–Crippen LogP) is 2.96. The van der Waals surface area contributed by atoms with Crippen molar-refractivity contribution in [3.8, 4) is 5.75 Å². The van der Waals surface area contributed by atoms with E-state index >= 15 is 0 Å². The largest absolute Gasteiger partial charge is 0.497 e. The minimum atomic E-state index is -1.29. The second-order valence-electron chi connectivity index (χ2n) is 7.51. The molecule has 1 aromatic carbocycles. The molecule has 1 aliphatic rings. The van der Waals surface area contributed by atoms with Gasteiger partial charge >= 0.3 is 5.97 Å². The lowest BCUT2D eigenvalue weighted by atomic mass is 9.54. The summed E-state index contributed by atoms with van der Waals surface area (Å²) >= 11 is 0. The smallest absolute Gasteiger partial charge is 0.330 e. The molecule has 1 fully saturated rings. The van der Waals surface area contributed by atoms with Crippen LogP contribution >= 0.6 is 0 Å². The molecule has 3 unspecified atom stereocenters. The maximum absolute atomic E-state index is 12.6. The Balaban J connectivity index is 2.05. The van der Waals surface area contributed by atoms with E-state index in [1.54, 1.807) is 7.11 Å². The summed E-state index contributed by atoms with van der Waals surface area (Å²) in [6.45, 7) is 8.01. The SMILES string of the molecule is CCOC1CC(NC(=O)CC(C)c2ccc(OC)cc2)(C(=O)O)C1(C)C. The van der Waals surface area contributed by atoms with E-state index < -0.39 is 16.9 Å². The highest BCUT2D eigenvalue weighted by molar-refractivity contribution is 5.89. The van der Waals surface area contributed by atoms with Gasteiger partial charge in [0.05, 0.1) is 13.2 Å². The Hall–Kier alpha value is -2.08. The highest BCUT2D eigenvalue weighted by atomic mass is 16.5. The fourth-order valence-electron chi connectivity index (χ4n) is 3.65. The number of carboxylic acid groups (broad SMARTS) is 1. The minimum absolute atomic E-state index is 0.0300. The van der Waals surface area contributed by atoms with Crippen LogP contribution in [-0.4, -0.2) is 42.3 Å². The molecule has 6 heteroatoms. The minimum Gasteiger partial charge on any atom is -0.497 e. The third-order valence-electron chi connectivity index (χ3n) is 5.66. The van der Waals surface area contributed by atoms with Crippen molar-refractivity contribution in [1.82, 2.24) is 5.32 Å². The van der Waals surface area contributed by atoms with Crippen LogP contribution in [0.4, 0.5) is 0 Å². The van der Waals surface area contributed by atoms with Crippen molar-refractivity contribution in [3.05, 3.63) is 29.8 Å². The van der Waals surface area contributed by atoms with Gasteiger partial charge < -0.3 is 19.9 Å². The quantitative estimate of drug-likeness (QED) is 0.742.